The maximum atomic E-state index is 12.6. The first-order chi connectivity index (χ1) is 27.3. The van der Waals surface area contributed by atoms with E-state index in [1.807, 2.05) is 27.7 Å². The molecule has 0 aromatic heterocycles. The van der Waals surface area contributed by atoms with Crippen LogP contribution in [-0.4, -0.2) is 153 Å². The van der Waals surface area contributed by atoms with Crippen molar-refractivity contribution in [1.29, 1.82) is 0 Å². The number of halogens is 1. The summed E-state index contributed by atoms with van der Waals surface area (Å²) >= 11 is 3.03. The van der Waals surface area contributed by atoms with Crippen LogP contribution in [0.4, 0.5) is 0 Å². The van der Waals surface area contributed by atoms with Crippen molar-refractivity contribution in [3.63, 3.8) is 0 Å². The topological polar surface area (TPSA) is 294 Å². The summed E-state index contributed by atoms with van der Waals surface area (Å²) in [6, 6.07) is -2.32. The third-order valence-corrected chi connectivity index (χ3v) is 8.89. The summed E-state index contributed by atoms with van der Waals surface area (Å²) in [5, 5.41) is 40.9. The molecule has 58 heavy (non-hydrogen) atoms. The van der Waals surface area contributed by atoms with E-state index in [1.165, 1.54) is 0 Å². The lowest BCUT2D eigenvalue weighted by molar-refractivity contribution is -0.143. The highest BCUT2D eigenvalue weighted by Gasteiger charge is 2.30. The maximum absolute atomic E-state index is 12.6. The number of aliphatic carboxylic acids is 3. The number of carbonyl (C=O) groups is 8. The van der Waals surface area contributed by atoms with Gasteiger partial charge in [-0.15, -0.1) is 0 Å². The standard InChI is InChI=1S/C37H64BrN5O15/c1-36(2,10-11-37(3,4)22-33(49)50)21-29(45)42-27(35(53)54)8-9-28(44)40-13-15-55-17-19-57-24-31(47)41-14-16-56-18-20-58-25-32(48)43-26(34(51)52)7-5-6-12-39-30(46)23-38/h26-27H,5-25H2,1-4H3,(H,39,46)(H,40,44)(H,41,47)(H,42,45)(H,43,48)(H,49,50)(H,51,52)(H,53,54)/t26-,27?/m0/s1. The number of hydrogen-bond acceptors (Lipinski definition) is 12. The molecule has 0 bridgehead atoms. The fourth-order valence-electron chi connectivity index (χ4n) is 5.15. The number of ether oxygens (including phenoxy) is 4. The molecule has 21 heteroatoms. The van der Waals surface area contributed by atoms with Crippen molar-refractivity contribution >= 4 is 63.4 Å². The molecule has 1 unspecified atom stereocenters. The Morgan fingerprint density at radius 1 is 0.534 bits per heavy atom. The van der Waals surface area contributed by atoms with Crippen molar-refractivity contribution in [2.45, 2.75) is 97.6 Å². The first-order valence-corrected chi connectivity index (χ1v) is 20.3. The summed E-state index contributed by atoms with van der Waals surface area (Å²) in [5.74, 6) is -5.33. The molecule has 20 nitrogen and oxygen atoms in total. The van der Waals surface area contributed by atoms with Gasteiger partial charge in [0.25, 0.3) is 0 Å². The third kappa shape index (κ3) is 31.1. The highest BCUT2D eigenvalue weighted by molar-refractivity contribution is 9.09. The van der Waals surface area contributed by atoms with E-state index in [9.17, 15) is 48.6 Å². The van der Waals surface area contributed by atoms with Gasteiger partial charge in [-0.2, -0.15) is 0 Å². The minimum absolute atomic E-state index is 0.000253. The Morgan fingerprint density at radius 2 is 1.00 bits per heavy atom. The van der Waals surface area contributed by atoms with Crippen molar-refractivity contribution in [1.82, 2.24) is 26.6 Å². The summed E-state index contributed by atoms with van der Waals surface area (Å²) in [6.45, 7) is 8.41. The van der Waals surface area contributed by atoms with Gasteiger partial charge in [0.2, 0.25) is 29.5 Å². The third-order valence-electron chi connectivity index (χ3n) is 8.38. The molecule has 0 aliphatic heterocycles. The first kappa shape index (κ1) is 54.1. The molecular formula is C37H64BrN5O15. The highest BCUT2D eigenvalue weighted by atomic mass is 79.9. The van der Waals surface area contributed by atoms with Gasteiger partial charge in [0.1, 0.15) is 25.3 Å². The lowest BCUT2D eigenvalue weighted by Crippen LogP contribution is -2.43. The molecule has 0 rings (SSSR count). The number of nitrogens with one attached hydrogen (secondary N) is 5. The molecule has 0 fully saturated rings. The average Bonchev–Trinajstić information content (AvgIpc) is 3.13. The van der Waals surface area contributed by atoms with E-state index in [-0.39, 0.29) is 115 Å². The Bertz CT molecular complexity index is 1300. The van der Waals surface area contributed by atoms with Crippen LogP contribution in [0, 0.1) is 10.8 Å². The molecule has 8 N–H and O–H groups in total. The van der Waals surface area contributed by atoms with Crippen LogP contribution >= 0.6 is 15.9 Å². The molecule has 0 aliphatic rings. The number of carboxylic acids is 3. The summed E-state index contributed by atoms with van der Waals surface area (Å²) in [6.07, 6.45) is 2.20. The zero-order valence-corrected chi connectivity index (χ0v) is 35.7. The number of carbonyl (C=O) groups excluding carboxylic acids is 5. The van der Waals surface area contributed by atoms with Crippen LogP contribution in [0.1, 0.15) is 85.5 Å². The molecule has 0 spiro atoms. The first-order valence-electron chi connectivity index (χ1n) is 19.2. The van der Waals surface area contributed by atoms with Crippen LogP contribution in [0.5, 0.6) is 0 Å². The van der Waals surface area contributed by atoms with Gasteiger partial charge in [0, 0.05) is 32.5 Å². The maximum Gasteiger partial charge on any atom is 0.326 e. The lowest BCUT2D eigenvalue weighted by Gasteiger charge is -2.30. The molecule has 0 aromatic carbocycles. The number of alkyl halides is 1. The van der Waals surface area contributed by atoms with Gasteiger partial charge in [0.05, 0.1) is 51.4 Å². The predicted octanol–water partition coefficient (Wildman–Crippen LogP) is 0.583. The predicted molar refractivity (Wildman–Crippen MR) is 212 cm³/mol. The Morgan fingerprint density at radius 3 is 1.53 bits per heavy atom. The Hall–Kier alpha value is -3.92. The van der Waals surface area contributed by atoms with E-state index in [1.54, 1.807) is 0 Å². The molecule has 0 radical (unpaired) electrons. The molecule has 0 aliphatic carbocycles. The van der Waals surface area contributed by atoms with Gasteiger partial charge < -0.3 is 60.9 Å². The zero-order valence-electron chi connectivity index (χ0n) is 34.1. The van der Waals surface area contributed by atoms with E-state index in [0.29, 0.717) is 32.2 Å². The normalized spacial score (nSPS) is 12.5. The minimum Gasteiger partial charge on any atom is -0.481 e. The molecule has 0 saturated heterocycles. The fourth-order valence-corrected chi connectivity index (χ4v) is 5.35. The van der Waals surface area contributed by atoms with Gasteiger partial charge in [-0.25, -0.2) is 9.59 Å². The van der Waals surface area contributed by atoms with Crippen LogP contribution in [0.15, 0.2) is 0 Å². The zero-order chi connectivity index (χ0) is 44.0. The van der Waals surface area contributed by atoms with E-state index < -0.39 is 58.5 Å². The van der Waals surface area contributed by atoms with E-state index in [0.717, 1.165) is 0 Å². The van der Waals surface area contributed by atoms with Crippen molar-refractivity contribution in [3.05, 3.63) is 0 Å². The number of hydrogen-bond donors (Lipinski definition) is 8. The molecule has 0 heterocycles. The van der Waals surface area contributed by atoms with Crippen molar-refractivity contribution in [3.8, 4) is 0 Å². The van der Waals surface area contributed by atoms with Gasteiger partial charge in [-0.05, 0) is 49.4 Å². The highest BCUT2D eigenvalue weighted by Crippen LogP contribution is 2.35. The fraction of sp³-hybridized carbons (Fsp3) is 0.784. The Balaban J connectivity index is 3.96. The summed E-state index contributed by atoms with van der Waals surface area (Å²) < 4.78 is 21.1. The SMILES string of the molecule is CC(C)(CCC(C)(C)CC(=O)NC(CCC(=O)NCCOCCOCC(=O)NCCOCCOCC(=O)N[C@@H](CCCCNC(=O)CBr)C(=O)O)C(=O)O)CC(=O)O. The second-order valence-electron chi connectivity index (χ2n) is 15.0. The summed E-state index contributed by atoms with van der Waals surface area (Å²) in [4.78, 5) is 94.2. The van der Waals surface area contributed by atoms with E-state index >= 15 is 0 Å². The smallest absolute Gasteiger partial charge is 0.326 e. The largest absolute Gasteiger partial charge is 0.481 e. The van der Waals surface area contributed by atoms with E-state index in [4.69, 9.17) is 24.1 Å². The Kier molecular flexibility index (Phi) is 29.0. The van der Waals surface area contributed by atoms with Crippen LogP contribution in [-0.2, 0) is 57.3 Å². The van der Waals surface area contributed by atoms with Crippen molar-refractivity contribution in [2.24, 2.45) is 10.8 Å². The number of unbranched alkanes of at least 4 members (excludes halogenated alkanes) is 1. The Labute approximate surface area is 348 Å². The molecule has 334 valence electrons. The molecule has 0 saturated carbocycles. The van der Waals surface area contributed by atoms with Crippen LogP contribution < -0.4 is 26.6 Å². The van der Waals surface area contributed by atoms with Gasteiger partial charge in [-0.1, -0.05) is 43.6 Å². The van der Waals surface area contributed by atoms with Crippen molar-refractivity contribution < 1.29 is 72.6 Å². The van der Waals surface area contributed by atoms with Crippen LogP contribution in [0.25, 0.3) is 0 Å². The quantitative estimate of drug-likeness (QED) is 0.0315. The van der Waals surface area contributed by atoms with Gasteiger partial charge in [-0.3, -0.25) is 28.8 Å². The monoisotopic (exact) mass is 897 g/mol. The second-order valence-corrected chi connectivity index (χ2v) is 15.6. The number of carboxylic acid groups (broad SMARTS) is 3. The molecule has 0 aromatic rings. The summed E-state index contributed by atoms with van der Waals surface area (Å²) in [7, 11) is 0. The molecular weight excluding hydrogens is 834 g/mol. The van der Waals surface area contributed by atoms with Gasteiger partial charge >= 0.3 is 17.9 Å². The second kappa shape index (κ2) is 31.1. The van der Waals surface area contributed by atoms with Crippen LogP contribution in [0.3, 0.4) is 0 Å². The number of amides is 5. The van der Waals surface area contributed by atoms with Crippen molar-refractivity contribution in [2.75, 3.05) is 77.8 Å². The molecule has 5 amide bonds. The lowest BCUT2D eigenvalue weighted by atomic mass is 9.76. The average molecular weight is 899 g/mol. The molecule has 2 atom stereocenters. The van der Waals surface area contributed by atoms with Gasteiger partial charge in [0.15, 0.2) is 0 Å². The van der Waals surface area contributed by atoms with E-state index in [2.05, 4.69) is 42.5 Å². The van der Waals surface area contributed by atoms with Crippen LogP contribution in [0.2, 0.25) is 0 Å². The summed E-state index contributed by atoms with van der Waals surface area (Å²) in [5.41, 5.74) is -0.939. The number of rotatable bonds is 36. The minimum atomic E-state index is -1.26.